The molecule has 3 aromatic carbocycles. The first-order valence-electron chi connectivity index (χ1n) is 18.3. The predicted molar refractivity (Wildman–Crippen MR) is 203 cm³/mol. The van der Waals surface area contributed by atoms with Gasteiger partial charge in [-0.15, -0.1) is 0 Å². The Kier molecular flexibility index (Phi) is 12.4. The van der Waals surface area contributed by atoms with Crippen LogP contribution < -0.4 is 20.1 Å². The lowest BCUT2D eigenvalue weighted by molar-refractivity contribution is -0.136. The summed E-state index contributed by atoms with van der Waals surface area (Å²) in [7, 11) is 0. The van der Waals surface area contributed by atoms with Crippen LogP contribution in [0.15, 0.2) is 66.2 Å². The van der Waals surface area contributed by atoms with Crippen LogP contribution >= 0.6 is 11.6 Å². The number of benzene rings is 3. The van der Waals surface area contributed by atoms with Gasteiger partial charge >= 0.3 is 0 Å². The maximum atomic E-state index is 14.8. The van der Waals surface area contributed by atoms with Crippen LogP contribution in [0, 0.1) is 20.8 Å². The van der Waals surface area contributed by atoms with Crippen LogP contribution in [-0.4, -0.2) is 101 Å². The van der Waals surface area contributed by atoms with Crippen molar-refractivity contribution in [1.29, 1.82) is 0 Å². The van der Waals surface area contributed by atoms with E-state index in [9.17, 15) is 14.7 Å². The molecule has 2 bridgehead atoms. The van der Waals surface area contributed by atoms with E-state index >= 15 is 0 Å². The number of ether oxygens (including phenoxy) is 2. The summed E-state index contributed by atoms with van der Waals surface area (Å²) < 4.78 is 11.9. The van der Waals surface area contributed by atoms with Crippen molar-refractivity contribution in [3.8, 4) is 11.5 Å². The van der Waals surface area contributed by atoms with Gasteiger partial charge in [-0.1, -0.05) is 48.0 Å². The maximum absolute atomic E-state index is 14.8. The van der Waals surface area contributed by atoms with E-state index in [1.54, 1.807) is 0 Å². The zero-order valence-corrected chi connectivity index (χ0v) is 31.3. The van der Waals surface area contributed by atoms with Gasteiger partial charge in [0.25, 0.3) is 12.4 Å². The molecule has 3 heterocycles. The highest BCUT2D eigenvalue weighted by molar-refractivity contribution is 6.32. The predicted octanol–water partition coefficient (Wildman–Crippen LogP) is 4.66. The third kappa shape index (κ3) is 9.21. The number of hydrogen-bond acceptors (Lipinski definition) is 8. The quantitative estimate of drug-likeness (QED) is 0.163. The topological polar surface area (TPSA) is 141 Å². The van der Waals surface area contributed by atoms with Crippen LogP contribution in [0.2, 0.25) is 5.02 Å². The number of amides is 2. The number of carboxylic acid groups (broad SMARTS) is 1. The molecule has 4 N–H and O–H groups in total. The zero-order chi connectivity index (χ0) is 37.6. The molecule has 0 spiro atoms. The molecule has 282 valence electrons. The lowest BCUT2D eigenvalue weighted by atomic mass is 9.82. The molecule has 4 aliphatic rings. The highest BCUT2D eigenvalue weighted by atomic mass is 35.5. The number of aliphatic hydroxyl groups excluding tert-OH is 1. The van der Waals surface area contributed by atoms with Gasteiger partial charge < -0.3 is 40.1 Å². The third-order valence-corrected chi connectivity index (χ3v) is 10.9. The van der Waals surface area contributed by atoms with Crippen LogP contribution in [0.1, 0.15) is 53.5 Å². The Hall–Kier alpha value is -4.42. The summed E-state index contributed by atoms with van der Waals surface area (Å²) in [5.74, 6) is 1.40. The average molecular weight is 745 g/mol. The molecule has 0 aromatic heterocycles. The summed E-state index contributed by atoms with van der Waals surface area (Å²) in [6.45, 7) is 8.54. The molecular weight excluding hydrogens is 696 g/mol. The van der Waals surface area contributed by atoms with Gasteiger partial charge in [0.15, 0.2) is 0 Å². The van der Waals surface area contributed by atoms with Gasteiger partial charge in [0.1, 0.15) is 24.7 Å². The molecule has 3 fully saturated rings. The molecule has 3 aliphatic heterocycles. The van der Waals surface area contributed by atoms with Crippen molar-refractivity contribution >= 4 is 35.5 Å². The molecule has 0 radical (unpaired) electrons. The average Bonchev–Trinajstić information content (AvgIpc) is 3.89. The monoisotopic (exact) mass is 744 g/mol. The number of nitrogens with zero attached hydrogens (tertiary/aromatic N) is 2. The van der Waals surface area contributed by atoms with Crippen molar-refractivity contribution in [2.24, 2.45) is 0 Å². The molecule has 11 nitrogen and oxygen atoms in total. The third-order valence-electron chi connectivity index (χ3n) is 10.6. The minimum atomic E-state index is -0.515. The second-order valence-electron chi connectivity index (χ2n) is 14.4. The maximum Gasteiger partial charge on any atom is 0.290 e. The van der Waals surface area contributed by atoms with Crippen LogP contribution in [0.3, 0.4) is 0 Å². The second-order valence-corrected chi connectivity index (χ2v) is 14.8. The van der Waals surface area contributed by atoms with Gasteiger partial charge in [0.05, 0.1) is 23.2 Å². The number of hydrogen-bond donors (Lipinski definition) is 4. The van der Waals surface area contributed by atoms with Crippen LogP contribution in [-0.2, 0) is 20.9 Å². The first-order valence-corrected chi connectivity index (χ1v) is 18.7. The Balaban J connectivity index is 0.00000155. The molecule has 7 rings (SSSR count). The molecule has 4 atom stereocenters. The van der Waals surface area contributed by atoms with Crippen molar-refractivity contribution in [3.63, 3.8) is 0 Å². The van der Waals surface area contributed by atoms with Gasteiger partial charge in [-0.05, 0) is 104 Å². The van der Waals surface area contributed by atoms with Crippen molar-refractivity contribution in [3.05, 3.63) is 99.1 Å². The lowest BCUT2D eigenvalue weighted by Crippen LogP contribution is -2.63. The van der Waals surface area contributed by atoms with Crippen molar-refractivity contribution < 1.29 is 34.1 Å². The van der Waals surface area contributed by atoms with Gasteiger partial charge in [0.2, 0.25) is 5.91 Å². The molecule has 12 heteroatoms. The van der Waals surface area contributed by atoms with Crippen LogP contribution in [0.5, 0.6) is 11.5 Å². The number of aryl methyl sites for hydroxylation is 3. The van der Waals surface area contributed by atoms with Crippen molar-refractivity contribution in [1.82, 2.24) is 20.4 Å². The van der Waals surface area contributed by atoms with E-state index in [2.05, 4.69) is 34.6 Å². The lowest BCUT2D eigenvalue weighted by Gasteiger charge is -2.45. The fourth-order valence-corrected chi connectivity index (χ4v) is 7.75. The number of piperazine rings is 1. The first kappa shape index (κ1) is 38.3. The summed E-state index contributed by atoms with van der Waals surface area (Å²) in [6.07, 6.45) is 2.50. The minimum Gasteiger partial charge on any atom is -0.490 e. The summed E-state index contributed by atoms with van der Waals surface area (Å²) in [5.41, 5.74) is 7.31. The standard InChI is InChI=1S/C40H47ClN4O5.CH2O2/c1-24-6-4-5-7-28(24)21-45(30-10-11-30)40(48)38-33(18-29-22-44(23-36(38)43-29)39(47)35-19-31(46)20-42-35)27-8-12-32(13-9-27)49-14-15-50-37-17-26(3)25(2)16-34(37)41;2-1-3/h4-9,12-13,16-17,29-31,35-36,42-43,46H,10-11,14-15,18-23H2,1-3H3;1H,(H,2,3)/t29-,31-,35+,36-;/m1./s1. The zero-order valence-electron chi connectivity index (χ0n) is 30.5. The Morgan fingerprint density at radius 1 is 0.981 bits per heavy atom. The van der Waals surface area contributed by atoms with Crippen LogP contribution in [0.4, 0.5) is 0 Å². The molecular formula is C41H49ClN4O7. The summed E-state index contributed by atoms with van der Waals surface area (Å²) >= 11 is 6.37. The smallest absolute Gasteiger partial charge is 0.290 e. The Bertz CT molecular complexity index is 1830. The Morgan fingerprint density at radius 2 is 1.68 bits per heavy atom. The first-order chi connectivity index (χ1) is 25.6. The van der Waals surface area contributed by atoms with E-state index in [0.717, 1.165) is 46.2 Å². The van der Waals surface area contributed by atoms with Gasteiger partial charge in [-0.2, -0.15) is 0 Å². The van der Waals surface area contributed by atoms with Gasteiger partial charge in [-0.3, -0.25) is 14.4 Å². The van der Waals surface area contributed by atoms with E-state index in [4.69, 9.17) is 31.0 Å². The van der Waals surface area contributed by atoms with E-state index in [1.807, 2.05) is 67.3 Å². The molecule has 1 saturated carbocycles. The van der Waals surface area contributed by atoms with Crippen molar-refractivity contribution in [2.75, 3.05) is 32.8 Å². The highest BCUT2D eigenvalue weighted by Gasteiger charge is 2.44. The molecule has 1 aliphatic carbocycles. The van der Waals surface area contributed by atoms with E-state index in [-0.39, 0.29) is 36.4 Å². The highest BCUT2D eigenvalue weighted by Crippen LogP contribution is 2.38. The number of carbonyl (C=O) groups excluding carboxylic acids is 2. The van der Waals surface area contributed by atoms with E-state index in [0.29, 0.717) is 68.8 Å². The normalized spacial score (nSPS) is 22.1. The largest absolute Gasteiger partial charge is 0.490 e. The molecule has 2 amide bonds. The number of carbonyl (C=O) groups is 3. The Labute approximate surface area is 315 Å². The fourth-order valence-electron chi connectivity index (χ4n) is 7.48. The number of fused-ring (bicyclic) bond motifs is 2. The number of nitrogens with one attached hydrogen (secondary N) is 2. The molecule has 53 heavy (non-hydrogen) atoms. The molecule has 0 unspecified atom stereocenters. The number of rotatable bonds is 11. The summed E-state index contributed by atoms with van der Waals surface area (Å²) in [4.78, 5) is 40.7. The summed E-state index contributed by atoms with van der Waals surface area (Å²) in [6, 6.07) is 19.6. The minimum absolute atomic E-state index is 0.00229. The molecule has 2 saturated heterocycles. The fraction of sp³-hybridized carbons (Fsp3) is 0.439. The number of halogens is 1. The van der Waals surface area contributed by atoms with Gasteiger partial charge in [-0.25, -0.2) is 0 Å². The van der Waals surface area contributed by atoms with E-state index < -0.39 is 12.1 Å². The SMILES string of the molecule is Cc1cc(Cl)c(OCCOc2ccc(C3=C(C(=O)N(Cc4ccccc4C)C4CC4)[C@H]4CN(C(=O)[C@@H]5C[C@@H](O)CN5)C[C@@H](C3)N4)cc2)cc1C.O=CO. The Morgan fingerprint density at radius 3 is 2.36 bits per heavy atom. The van der Waals surface area contributed by atoms with Gasteiger partial charge in [0, 0.05) is 43.8 Å². The summed E-state index contributed by atoms with van der Waals surface area (Å²) in [5, 5.41) is 24.4. The number of β-amino-alcohol motifs (C(OH)–C–C–N with tert-alkyl or cyclic N) is 1. The number of aliphatic hydroxyl groups is 1. The van der Waals surface area contributed by atoms with Crippen LogP contribution in [0.25, 0.3) is 5.57 Å². The molecule has 3 aromatic rings. The second kappa shape index (κ2) is 17.2. The van der Waals surface area contributed by atoms with Crippen molar-refractivity contribution in [2.45, 2.75) is 83.3 Å². The van der Waals surface area contributed by atoms with E-state index in [1.165, 1.54) is 5.56 Å².